The van der Waals surface area contributed by atoms with E-state index in [9.17, 15) is 13.6 Å². The molecule has 0 radical (unpaired) electrons. The van der Waals surface area contributed by atoms with Gasteiger partial charge in [0.1, 0.15) is 11.6 Å². The second-order valence-electron chi connectivity index (χ2n) is 5.56. The van der Waals surface area contributed by atoms with Gasteiger partial charge in [0.25, 0.3) is 0 Å². The summed E-state index contributed by atoms with van der Waals surface area (Å²) >= 11 is 0. The predicted molar refractivity (Wildman–Crippen MR) is 84.3 cm³/mol. The van der Waals surface area contributed by atoms with Crippen molar-refractivity contribution in [2.45, 2.75) is 34.2 Å². The summed E-state index contributed by atoms with van der Waals surface area (Å²) in [7, 11) is 0. The molecule has 22 heavy (non-hydrogen) atoms. The van der Waals surface area contributed by atoms with Crippen molar-refractivity contribution in [3.05, 3.63) is 63.7 Å². The average molecular weight is 303 g/mol. The first-order valence-electron chi connectivity index (χ1n) is 7.10. The summed E-state index contributed by atoms with van der Waals surface area (Å²) in [6, 6.07) is 5.29. The van der Waals surface area contributed by atoms with E-state index >= 15 is 0 Å². The van der Waals surface area contributed by atoms with Gasteiger partial charge in [-0.2, -0.15) is 0 Å². The van der Waals surface area contributed by atoms with E-state index in [0.717, 1.165) is 28.3 Å². The van der Waals surface area contributed by atoms with Crippen LogP contribution in [0.1, 0.15) is 39.5 Å². The Hall–Kier alpha value is -2.23. The van der Waals surface area contributed by atoms with Crippen LogP contribution in [0.3, 0.4) is 0 Å². The van der Waals surface area contributed by atoms with Crippen LogP contribution in [0.15, 0.2) is 24.3 Å². The smallest absolute Gasteiger partial charge is 0.160 e. The molecule has 0 saturated carbocycles. The molecule has 0 atom stereocenters. The average Bonchev–Trinajstić information content (AvgIpc) is 2.35. The third kappa shape index (κ3) is 3.32. The zero-order valence-corrected chi connectivity index (χ0v) is 13.2. The highest BCUT2D eigenvalue weighted by Crippen LogP contribution is 2.24. The Kier molecular flexibility index (Phi) is 4.59. The molecule has 0 aliphatic rings. The third-order valence-corrected chi connectivity index (χ3v) is 3.81. The van der Waals surface area contributed by atoms with E-state index in [1.54, 1.807) is 6.92 Å². The van der Waals surface area contributed by atoms with E-state index in [1.165, 1.54) is 12.1 Å². The second kappa shape index (κ2) is 6.26. The van der Waals surface area contributed by atoms with Crippen molar-refractivity contribution in [2.75, 3.05) is 5.32 Å². The number of carbonyl (C=O) groups is 1. The number of aryl methyl sites for hydroxylation is 2. The van der Waals surface area contributed by atoms with Gasteiger partial charge in [-0.25, -0.2) is 8.78 Å². The minimum absolute atomic E-state index is 0.0213. The van der Waals surface area contributed by atoms with Crippen molar-refractivity contribution in [3.63, 3.8) is 0 Å². The molecule has 0 heterocycles. The molecule has 1 N–H and O–H groups in total. The summed E-state index contributed by atoms with van der Waals surface area (Å²) in [5.74, 6) is -1.22. The molecule has 0 unspecified atom stereocenters. The minimum atomic E-state index is -0.621. The molecule has 0 aliphatic heterocycles. The van der Waals surface area contributed by atoms with Crippen LogP contribution >= 0.6 is 0 Å². The molecule has 0 saturated heterocycles. The van der Waals surface area contributed by atoms with Gasteiger partial charge < -0.3 is 5.32 Å². The van der Waals surface area contributed by atoms with Gasteiger partial charge in [-0.15, -0.1) is 0 Å². The summed E-state index contributed by atoms with van der Waals surface area (Å²) in [4.78, 5) is 11.8. The van der Waals surface area contributed by atoms with Crippen molar-refractivity contribution in [3.8, 4) is 0 Å². The molecule has 2 rings (SSSR count). The highest BCUT2D eigenvalue weighted by molar-refractivity contribution is 5.97. The third-order valence-electron chi connectivity index (χ3n) is 3.81. The number of hydrogen-bond donors (Lipinski definition) is 1. The Labute approximate surface area is 129 Å². The number of anilines is 1. The lowest BCUT2D eigenvalue weighted by atomic mass is 9.91. The van der Waals surface area contributed by atoms with Crippen LogP contribution in [0.5, 0.6) is 0 Å². The fourth-order valence-electron chi connectivity index (χ4n) is 2.89. The van der Waals surface area contributed by atoms with Crippen molar-refractivity contribution in [1.29, 1.82) is 0 Å². The van der Waals surface area contributed by atoms with Gasteiger partial charge in [0.15, 0.2) is 5.78 Å². The lowest BCUT2D eigenvalue weighted by molar-refractivity contribution is 0.101. The van der Waals surface area contributed by atoms with E-state index in [-0.39, 0.29) is 5.78 Å². The zero-order chi connectivity index (χ0) is 16.4. The van der Waals surface area contributed by atoms with Gasteiger partial charge in [0.05, 0.1) is 0 Å². The quantitative estimate of drug-likeness (QED) is 0.829. The lowest BCUT2D eigenvalue weighted by Gasteiger charge is -2.17. The molecule has 2 aromatic rings. The van der Waals surface area contributed by atoms with Crippen molar-refractivity contribution >= 4 is 11.5 Å². The largest absolute Gasteiger partial charge is 0.381 e. The van der Waals surface area contributed by atoms with E-state index < -0.39 is 11.6 Å². The SMILES string of the molecule is CC(=O)c1c(C)cc(C)c(CNc2cc(F)cc(F)c2)c1C. The Bertz CT molecular complexity index is 718. The summed E-state index contributed by atoms with van der Waals surface area (Å²) in [6.07, 6.45) is 0. The molecule has 4 heteroatoms. The number of ketones is 1. The van der Waals surface area contributed by atoms with E-state index in [0.29, 0.717) is 17.8 Å². The van der Waals surface area contributed by atoms with Crippen molar-refractivity contribution in [2.24, 2.45) is 0 Å². The molecule has 0 fully saturated rings. The Morgan fingerprint density at radius 1 is 1.00 bits per heavy atom. The van der Waals surface area contributed by atoms with Gasteiger partial charge in [0.2, 0.25) is 0 Å². The number of nitrogens with one attached hydrogen (secondary N) is 1. The monoisotopic (exact) mass is 303 g/mol. The molecular weight excluding hydrogens is 284 g/mol. The summed E-state index contributed by atoms with van der Waals surface area (Å²) in [5.41, 5.74) is 4.97. The lowest BCUT2D eigenvalue weighted by Crippen LogP contribution is -2.09. The van der Waals surface area contributed by atoms with E-state index in [4.69, 9.17) is 0 Å². The summed E-state index contributed by atoms with van der Waals surface area (Å²) < 4.78 is 26.4. The maximum atomic E-state index is 13.2. The topological polar surface area (TPSA) is 29.1 Å². The van der Waals surface area contributed by atoms with Crippen LogP contribution in [0.4, 0.5) is 14.5 Å². The highest BCUT2D eigenvalue weighted by Gasteiger charge is 2.14. The van der Waals surface area contributed by atoms with Gasteiger partial charge in [-0.3, -0.25) is 4.79 Å². The normalized spacial score (nSPS) is 10.6. The standard InChI is InChI=1S/C18H19F2NO/c1-10-5-11(2)18(13(4)22)12(3)17(10)9-21-16-7-14(19)6-15(20)8-16/h5-8,21H,9H2,1-4H3. The van der Waals surface area contributed by atoms with Crippen molar-refractivity contribution < 1.29 is 13.6 Å². The fourth-order valence-corrected chi connectivity index (χ4v) is 2.89. The highest BCUT2D eigenvalue weighted by atomic mass is 19.1. The molecule has 0 aromatic heterocycles. The van der Waals surface area contributed by atoms with Crippen LogP contribution in [0.25, 0.3) is 0 Å². The molecule has 2 aromatic carbocycles. The van der Waals surface area contributed by atoms with Gasteiger partial charge >= 0.3 is 0 Å². The van der Waals surface area contributed by atoms with Gasteiger partial charge in [-0.1, -0.05) is 6.07 Å². The number of benzene rings is 2. The van der Waals surface area contributed by atoms with Crippen LogP contribution in [0.2, 0.25) is 0 Å². The summed E-state index contributed by atoms with van der Waals surface area (Å²) in [6.45, 7) is 7.73. The second-order valence-corrected chi connectivity index (χ2v) is 5.56. The first kappa shape index (κ1) is 16.1. The Balaban J connectivity index is 2.33. The summed E-state index contributed by atoms with van der Waals surface area (Å²) in [5, 5.41) is 3.02. The molecule has 116 valence electrons. The number of halogens is 2. The minimum Gasteiger partial charge on any atom is -0.381 e. The number of hydrogen-bond acceptors (Lipinski definition) is 2. The molecule has 0 aliphatic carbocycles. The number of carbonyl (C=O) groups excluding carboxylic acids is 1. The van der Waals surface area contributed by atoms with Crippen LogP contribution in [-0.2, 0) is 6.54 Å². The fraction of sp³-hybridized carbons (Fsp3) is 0.278. The zero-order valence-electron chi connectivity index (χ0n) is 13.2. The number of rotatable bonds is 4. The molecule has 2 nitrogen and oxygen atoms in total. The first-order valence-corrected chi connectivity index (χ1v) is 7.10. The first-order chi connectivity index (χ1) is 10.3. The van der Waals surface area contributed by atoms with Crippen LogP contribution in [0, 0.1) is 32.4 Å². The van der Waals surface area contributed by atoms with Gasteiger partial charge in [-0.05, 0) is 62.1 Å². The van der Waals surface area contributed by atoms with E-state index in [2.05, 4.69) is 5.32 Å². The van der Waals surface area contributed by atoms with Crippen LogP contribution < -0.4 is 5.32 Å². The predicted octanol–water partition coefficient (Wildman–Crippen LogP) is 4.70. The van der Waals surface area contributed by atoms with Crippen molar-refractivity contribution in [1.82, 2.24) is 0 Å². The number of Topliss-reactive ketones (excluding diaryl/α,β-unsaturated/α-hetero) is 1. The van der Waals surface area contributed by atoms with Gasteiger partial charge in [0, 0.05) is 23.9 Å². The molecule has 0 spiro atoms. The van der Waals surface area contributed by atoms with E-state index in [1.807, 2.05) is 26.8 Å². The Morgan fingerprint density at radius 3 is 2.14 bits per heavy atom. The molecule has 0 amide bonds. The molecule has 0 bridgehead atoms. The van der Waals surface area contributed by atoms with Crippen LogP contribution in [-0.4, -0.2) is 5.78 Å². The maximum absolute atomic E-state index is 13.2. The maximum Gasteiger partial charge on any atom is 0.160 e. The Morgan fingerprint density at radius 2 is 1.59 bits per heavy atom. The molecular formula is C18H19F2NO.